The Hall–Kier alpha value is -0.805. The number of esters is 1. The summed E-state index contributed by atoms with van der Waals surface area (Å²) in [7, 11) is -0.333. The van der Waals surface area contributed by atoms with Crippen LogP contribution in [-0.2, 0) is 18.8 Å². The first-order chi connectivity index (χ1) is 8.19. The average Bonchev–Trinajstić information content (AvgIpc) is 2.45. The molecule has 0 aliphatic carbocycles. The normalized spacial score (nSPS) is 23.3. The van der Waals surface area contributed by atoms with Crippen LogP contribution >= 0.6 is 0 Å². The van der Waals surface area contributed by atoms with Gasteiger partial charge in [-0.2, -0.15) is 0 Å². The second-order valence-electron chi connectivity index (χ2n) is 5.59. The van der Waals surface area contributed by atoms with Gasteiger partial charge in [0.2, 0.25) is 0 Å². The minimum Gasteiger partial charge on any atom is -0.463 e. The monoisotopic (exact) mass is 254 g/mol. The number of carbonyl (C=O) groups is 1. The molecule has 1 rings (SSSR count). The molecule has 0 aromatic rings. The van der Waals surface area contributed by atoms with E-state index in [9.17, 15) is 4.79 Å². The van der Waals surface area contributed by atoms with Gasteiger partial charge < -0.3 is 14.0 Å². The molecule has 0 N–H and O–H groups in total. The summed E-state index contributed by atoms with van der Waals surface area (Å²) in [5.74, 6) is -0.337. The van der Waals surface area contributed by atoms with E-state index in [1.54, 1.807) is 13.0 Å². The van der Waals surface area contributed by atoms with Crippen molar-refractivity contribution in [2.45, 2.75) is 58.6 Å². The Balaban J connectivity index is 2.60. The minimum atomic E-state index is -0.344. The van der Waals surface area contributed by atoms with Crippen LogP contribution in [0.2, 0.25) is 5.82 Å². The third-order valence-corrected chi connectivity index (χ3v) is 3.52. The molecule has 0 bridgehead atoms. The third-order valence-electron chi connectivity index (χ3n) is 3.52. The Morgan fingerprint density at radius 2 is 1.78 bits per heavy atom. The van der Waals surface area contributed by atoms with Crippen molar-refractivity contribution in [1.82, 2.24) is 0 Å². The zero-order chi connectivity index (χ0) is 14.0. The van der Waals surface area contributed by atoms with E-state index in [4.69, 9.17) is 14.0 Å². The molecule has 1 heterocycles. The minimum absolute atomic E-state index is 0.00421. The van der Waals surface area contributed by atoms with Gasteiger partial charge in [0.05, 0.1) is 17.8 Å². The lowest BCUT2D eigenvalue weighted by Gasteiger charge is -2.32. The van der Waals surface area contributed by atoms with Crippen LogP contribution in [0.15, 0.2) is 12.2 Å². The van der Waals surface area contributed by atoms with Crippen molar-refractivity contribution in [3.8, 4) is 0 Å². The van der Waals surface area contributed by atoms with Crippen LogP contribution in [0.3, 0.4) is 0 Å². The van der Waals surface area contributed by atoms with Crippen LogP contribution in [0.1, 0.15) is 41.5 Å². The maximum Gasteiger partial charge on any atom is 0.464 e. The molecule has 0 amide bonds. The van der Waals surface area contributed by atoms with Crippen LogP contribution < -0.4 is 0 Å². The molecular weight excluding hydrogens is 231 g/mol. The SMILES string of the molecule is CCOC(=O)/C=C/C(C)B1OC(C)(C)C(C)(C)O1. The molecule has 1 saturated heterocycles. The second-order valence-corrected chi connectivity index (χ2v) is 5.59. The van der Waals surface area contributed by atoms with E-state index in [0.29, 0.717) is 6.61 Å². The Labute approximate surface area is 110 Å². The summed E-state index contributed by atoms with van der Waals surface area (Å²) in [6.07, 6.45) is 3.19. The first kappa shape index (κ1) is 15.3. The molecule has 5 heteroatoms. The lowest BCUT2D eigenvalue weighted by Crippen LogP contribution is -2.41. The van der Waals surface area contributed by atoms with Crippen LogP contribution in [-0.4, -0.2) is 30.9 Å². The number of hydrogen-bond acceptors (Lipinski definition) is 4. The molecule has 1 atom stereocenters. The quantitative estimate of drug-likeness (QED) is 0.439. The van der Waals surface area contributed by atoms with Gasteiger partial charge in [0.15, 0.2) is 0 Å². The topological polar surface area (TPSA) is 44.8 Å². The number of ether oxygens (including phenoxy) is 1. The zero-order valence-corrected chi connectivity index (χ0v) is 12.1. The number of hydrogen-bond donors (Lipinski definition) is 0. The molecule has 0 saturated carbocycles. The van der Waals surface area contributed by atoms with E-state index in [2.05, 4.69) is 0 Å². The van der Waals surface area contributed by atoms with Gasteiger partial charge in [-0.15, -0.1) is 0 Å². The van der Waals surface area contributed by atoms with Gasteiger partial charge in [0.1, 0.15) is 0 Å². The summed E-state index contributed by atoms with van der Waals surface area (Å²) in [6.45, 7) is 12.2. The van der Waals surface area contributed by atoms with Crippen LogP contribution in [0.4, 0.5) is 0 Å². The summed E-state index contributed by atoms with van der Waals surface area (Å²) in [4.78, 5) is 11.2. The molecular formula is C13H23BO4. The Kier molecular flexibility index (Phi) is 4.62. The molecule has 1 fully saturated rings. The highest BCUT2D eigenvalue weighted by molar-refractivity contribution is 6.48. The molecule has 1 unspecified atom stereocenters. The van der Waals surface area contributed by atoms with Gasteiger partial charge in [-0.1, -0.05) is 13.0 Å². The predicted molar refractivity (Wildman–Crippen MR) is 71.3 cm³/mol. The Morgan fingerprint density at radius 3 is 2.22 bits per heavy atom. The van der Waals surface area contributed by atoms with Crippen molar-refractivity contribution in [2.75, 3.05) is 6.61 Å². The number of allylic oxidation sites excluding steroid dienone is 1. The molecule has 102 valence electrons. The van der Waals surface area contributed by atoms with Gasteiger partial charge in [-0.05, 0) is 34.6 Å². The second kappa shape index (κ2) is 5.45. The molecule has 0 radical (unpaired) electrons. The fourth-order valence-corrected chi connectivity index (χ4v) is 1.61. The molecule has 0 spiro atoms. The maximum atomic E-state index is 11.2. The van der Waals surface area contributed by atoms with Gasteiger partial charge in [0, 0.05) is 11.9 Å². The highest BCUT2D eigenvalue weighted by atomic mass is 16.7. The van der Waals surface area contributed by atoms with Gasteiger partial charge in [-0.3, -0.25) is 0 Å². The first-order valence-electron chi connectivity index (χ1n) is 6.40. The first-order valence-corrected chi connectivity index (χ1v) is 6.40. The molecule has 4 nitrogen and oxygen atoms in total. The van der Waals surface area contributed by atoms with Crippen molar-refractivity contribution in [1.29, 1.82) is 0 Å². The van der Waals surface area contributed by atoms with Gasteiger partial charge in [0.25, 0.3) is 0 Å². The van der Waals surface area contributed by atoms with Crippen molar-refractivity contribution >= 4 is 13.1 Å². The van der Waals surface area contributed by atoms with Crippen LogP contribution in [0.25, 0.3) is 0 Å². The zero-order valence-electron chi connectivity index (χ0n) is 12.1. The fourth-order valence-electron chi connectivity index (χ4n) is 1.61. The van der Waals surface area contributed by atoms with Crippen molar-refractivity contribution in [3.05, 3.63) is 12.2 Å². The van der Waals surface area contributed by atoms with E-state index in [-0.39, 0.29) is 30.1 Å². The van der Waals surface area contributed by atoms with Gasteiger partial charge >= 0.3 is 13.1 Å². The molecule has 1 aliphatic heterocycles. The largest absolute Gasteiger partial charge is 0.464 e. The highest BCUT2D eigenvalue weighted by Crippen LogP contribution is 2.40. The summed E-state index contributed by atoms with van der Waals surface area (Å²) >= 11 is 0. The van der Waals surface area contributed by atoms with E-state index in [1.807, 2.05) is 34.6 Å². The van der Waals surface area contributed by atoms with E-state index < -0.39 is 0 Å². The van der Waals surface area contributed by atoms with Crippen molar-refractivity contribution < 1.29 is 18.8 Å². The lowest BCUT2D eigenvalue weighted by atomic mass is 9.73. The fraction of sp³-hybridized carbons (Fsp3) is 0.769. The van der Waals surface area contributed by atoms with Crippen LogP contribution in [0.5, 0.6) is 0 Å². The molecule has 18 heavy (non-hydrogen) atoms. The number of carbonyl (C=O) groups excluding carboxylic acids is 1. The summed E-state index contributed by atoms with van der Waals surface area (Å²) in [5.41, 5.74) is -0.687. The molecule has 0 aromatic carbocycles. The molecule has 1 aliphatic rings. The third kappa shape index (κ3) is 3.36. The smallest absolute Gasteiger partial charge is 0.463 e. The lowest BCUT2D eigenvalue weighted by molar-refractivity contribution is -0.137. The van der Waals surface area contributed by atoms with Crippen molar-refractivity contribution in [3.63, 3.8) is 0 Å². The van der Waals surface area contributed by atoms with E-state index in [1.165, 1.54) is 6.08 Å². The highest BCUT2D eigenvalue weighted by Gasteiger charge is 2.52. The predicted octanol–water partition coefficient (Wildman–Crippen LogP) is 2.59. The van der Waals surface area contributed by atoms with Crippen LogP contribution in [0, 0.1) is 0 Å². The summed E-state index contributed by atoms with van der Waals surface area (Å²) in [6, 6.07) is 0. The summed E-state index contributed by atoms with van der Waals surface area (Å²) in [5, 5.41) is 0. The maximum absolute atomic E-state index is 11.2. The standard InChI is InChI=1S/C13H23BO4/c1-7-16-11(15)9-8-10(2)14-17-12(3,4)13(5,6)18-14/h8-10H,7H2,1-6H3/b9-8+. The average molecular weight is 254 g/mol. The summed E-state index contributed by atoms with van der Waals surface area (Å²) < 4.78 is 16.6. The Bertz CT molecular complexity index is 320. The number of rotatable bonds is 4. The van der Waals surface area contributed by atoms with E-state index >= 15 is 0 Å². The van der Waals surface area contributed by atoms with E-state index in [0.717, 1.165) is 0 Å². The van der Waals surface area contributed by atoms with Crippen molar-refractivity contribution in [2.24, 2.45) is 0 Å². The Morgan fingerprint density at radius 1 is 1.28 bits per heavy atom. The van der Waals surface area contributed by atoms with Gasteiger partial charge in [-0.25, -0.2) is 4.79 Å². The molecule has 0 aromatic heterocycles.